The Hall–Kier alpha value is -3.62. The number of methoxy groups -OCH3 is 1. The van der Waals surface area contributed by atoms with E-state index in [1.54, 1.807) is 40.0 Å². The summed E-state index contributed by atoms with van der Waals surface area (Å²) >= 11 is 0. The monoisotopic (exact) mass is 500 g/mol. The van der Waals surface area contributed by atoms with Gasteiger partial charge in [0, 0.05) is 17.5 Å². The van der Waals surface area contributed by atoms with Crippen molar-refractivity contribution in [3.63, 3.8) is 0 Å². The van der Waals surface area contributed by atoms with Gasteiger partial charge in [-0.2, -0.15) is 5.10 Å². The van der Waals surface area contributed by atoms with E-state index in [-0.39, 0.29) is 36.6 Å². The summed E-state index contributed by atoms with van der Waals surface area (Å²) in [5.41, 5.74) is 2.40. The fourth-order valence-corrected chi connectivity index (χ4v) is 3.23. The molecule has 1 heterocycles. The van der Waals surface area contributed by atoms with Crippen LogP contribution in [0.2, 0.25) is 0 Å². The molecule has 0 fully saturated rings. The number of carbonyl (C=O) groups excluding carboxylic acids is 1. The van der Waals surface area contributed by atoms with Crippen LogP contribution in [0.5, 0.6) is 5.75 Å². The zero-order valence-electron chi connectivity index (χ0n) is 22.1. The van der Waals surface area contributed by atoms with Crippen LogP contribution in [-0.2, 0) is 22.6 Å². The summed E-state index contributed by atoms with van der Waals surface area (Å²) in [6.45, 7) is 15.2. The predicted molar refractivity (Wildman–Crippen MR) is 140 cm³/mol. The van der Waals surface area contributed by atoms with Crippen LogP contribution in [0.1, 0.15) is 52.8 Å². The first kappa shape index (κ1) is 28.6. The molecule has 0 aliphatic carbocycles. The van der Waals surface area contributed by atoms with Crippen LogP contribution in [0.15, 0.2) is 47.5 Å². The van der Waals surface area contributed by atoms with Gasteiger partial charge < -0.3 is 20.1 Å². The summed E-state index contributed by atoms with van der Waals surface area (Å²) in [7, 11) is 1.50. The topological polar surface area (TPSA) is 94.5 Å². The molecular formula is C27H37FN4O4. The van der Waals surface area contributed by atoms with Gasteiger partial charge in [-0.05, 0) is 51.5 Å². The highest BCUT2D eigenvalue weighted by Crippen LogP contribution is 2.25. The van der Waals surface area contributed by atoms with E-state index in [1.807, 2.05) is 13.8 Å². The minimum atomic E-state index is -0.485. The van der Waals surface area contributed by atoms with Crippen LogP contribution < -0.4 is 20.9 Å². The molecule has 2 N–H and O–H groups in total. The number of amides is 1. The van der Waals surface area contributed by atoms with Gasteiger partial charge in [-0.25, -0.2) is 9.07 Å². The molecule has 0 saturated heterocycles. The molecule has 0 aliphatic rings. The number of rotatable bonds is 12. The summed E-state index contributed by atoms with van der Waals surface area (Å²) in [6, 6.07) is 5.36. The molecule has 0 spiro atoms. The lowest BCUT2D eigenvalue weighted by Crippen LogP contribution is -2.43. The van der Waals surface area contributed by atoms with E-state index >= 15 is 0 Å². The zero-order chi connectivity index (χ0) is 27.0. The second-order valence-electron chi connectivity index (χ2n) is 9.28. The molecular weight excluding hydrogens is 463 g/mol. The number of nitrogens with one attached hydrogen (secondary N) is 2. The first-order valence-corrected chi connectivity index (χ1v) is 11.9. The number of benzene rings is 1. The number of halogens is 1. The predicted octanol–water partition coefficient (Wildman–Crippen LogP) is 4.51. The fourth-order valence-electron chi connectivity index (χ4n) is 3.23. The Morgan fingerprint density at radius 3 is 2.50 bits per heavy atom. The van der Waals surface area contributed by atoms with Crippen molar-refractivity contribution < 1.29 is 18.7 Å². The molecule has 0 unspecified atom stereocenters. The lowest BCUT2D eigenvalue weighted by atomic mass is 10.1. The highest BCUT2D eigenvalue weighted by molar-refractivity contribution is 5.78. The van der Waals surface area contributed by atoms with Crippen molar-refractivity contribution in [3.8, 4) is 5.75 Å². The van der Waals surface area contributed by atoms with Gasteiger partial charge >= 0.3 is 0 Å². The van der Waals surface area contributed by atoms with Crippen LogP contribution in [0.25, 0.3) is 5.57 Å². The summed E-state index contributed by atoms with van der Waals surface area (Å²) < 4.78 is 26.0. The first-order chi connectivity index (χ1) is 16.9. The Balaban J connectivity index is 2.48. The summed E-state index contributed by atoms with van der Waals surface area (Å²) in [5, 5.41) is 10.6. The van der Waals surface area contributed by atoms with Gasteiger partial charge in [0.15, 0.2) is 0 Å². The van der Waals surface area contributed by atoms with Gasteiger partial charge in [-0.3, -0.25) is 9.59 Å². The van der Waals surface area contributed by atoms with Crippen molar-refractivity contribution in [1.82, 2.24) is 15.1 Å². The molecule has 2 aromatic rings. The van der Waals surface area contributed by atoms with Crippen LogP contribution in [0.3, 0.4) is 0 Å². The Kier molecular flexibility index (Phi) is 10.3. The number of nitrogens with zero attached hydrogens (tertiary/aromatic N) is 2. The smallest absolute Gasteiger partial charge is 0.274 e. The molecule has 0 bridgehead atoms. The molecule has 8 nitrogen and oxygen atoms in total. The maximum absolute atomic E-state index is 13.8. The number of allylic oxidation sites excluding steroid dienone is 1. The van der Waals surface area contributed by atoms with Crippen LogP contribution in [0, 0.1) is 11.7 Å². The molecule has 0 radical (unpaired) electrons. The standard InChI is InChI=1S/C27H37FN4O4/c1-16(2)24(30-26(33)17(3)4)14-32-27(34)22(19(7)15-36-18(5)6)12-21(31-32)13-29-23-11-20(28)9-10-25(23)35-8/h9-12,15,17-18,24,29H,1,13-14H2,2-8H3,(H,30,33)/b19-15+/t24-/m1/s1. The third-order valence-corrected chi connectivity index (χ3v) is 5.38. The van der Waals surface area contributed by atoms with Crippen molar-refractivity contribution in [2.24, 2.45) is 5.92 Å². The maximum atomic E-state index is 13.8. The maximum Gasteiger partial charge on any atom is 0.274 e. The van der Waals surface area contributed by atoms with Crippen molar-refractivity contribution in [2.75, 3.05) is 12.4 Å². The summed E-state index contributed by atoms with van der Waals surface area (Å²) in [5.74, 6) is -0.298. The third kappa shape index (κ3) is 7.96. The van der Waals surface area contributed by atoms with Crippen LogP contribution in [0.4, 0.5) is 10.1 Å². The van der Waals surface area contributed by atoms with Crippen molar-refractivity contribution >= 4 is 17.2 Å². The number of carbonyl (C=O) groups is 1. The molecule has 196 valence electrons. The molecule has 1 aromatic carbocycles. The van der Waals surface area contributed by atoms with Gasteiger partial charge in [-0.1, -0.05) is 26.0 Å². The Labute approximate surface area is 212 Å². The lowest BCUT2D eigenvalue weighted by molar-refractivity contribution is -0.124. The highest BCUT2D eigenvalue weighted by atomic mass is 19.1. The first-order valence-electron chi connectivity index (χ1n) is 11.9. The zero-order valence-corrected chi connectivity index (χ0v) is 22.1. The van der Waals surface area contributed by atoms with Crippen molar-refractivity contribution in [3.05, 3.63) is 70.1 Å². The van der Waals surface area contributed by atoms with E-state index in [4.69, 9.17) is 9.47 Å². The van der Waals surface area contributed by atoms with Gasteiger partial charge in [0.1, 0.15) is 11.6 Å². The van der Waals surface area contributed by atoms with Gasteiger partial charge in [0.25, 0.3) is 5.56 Å². The average Bonchev–Trinajstić information content (AvgIpc) is 2.81. The molecule has 36 heavy (non-hydrogen) atoms. The molecule has 1 amide bonds. The number of aromatic nitrogens is 2. The van der Waals surface area contributed by atoms with Gasteiger partial charge in [0.2, 0.25) is 5.91 Å². The Bertz CT molecular complexity index is 1170. The quantitative estimate of drug-likeness (QED) is 0.329. The number of ether oxygens (including phenoxy) is 2. The Morgan fingerprint density at radius 1 is 1.22 bits per heavy atom. The van der Waals surface area contributed by atoms with E-state index in [2.05, 4.69) is 22.3 Å². The summed E-state index contributed by atoms with van der Waals surface area (Å²) in [4.78, 5) is 25.7. The minimum Gasteiger partial charge on any atom is -0.498 e. The molecule has 0 saturated carbocycles. The normalized spacial score (nSPS) is 12.4. The molecule has 0 aliphatic heterocycles. The molecule has 1 aromatic heterocycles. The van der Waals surface area contributed by atoms with Crippen molar-refractivity contribution in [1.29, 1.82) is 0 Å². The second kappa shape index (κ2) is 12.9. The second-order valence-corrected chi connectivity index (χ2v) is 9.28. The van der Waals surface area contributed by atoms with Crippen LogP contribution in [-0.4, -0.2) is 34.9 Å². The SMILES string of the molecule is C=C(C)[C@@H](Cn1nc(CNc2cc(F)ccc2OC)cc(/C(C)=C/OC(C)C)c1=O)NC(=O)C(C)C. The Morgan fingerprint density at radius 2 is 1.92 bits per heavy atom. The van der Waals surface area contributed by atoms with Crippen molar-refractivity contribution in [2.45, 2.75) is 66.8 Å². The molecule has 2 rings (SSSR count). The van der Waals surface area contributed by atoms with Gasteiger partial charge in [-0.15, -0.1) is 0 Å². The minimum absolute atomic E-state index is 0.0513. The molecule has 9 heteroatoms. The van der Waals surface area contributed by atoms with E-state index < -0.39 is 11.9 Å². The lowest BCUT2D eigenvalue weighted by Gasteiger charge is -2.22. The summed E-state index contributed by atoms with van der Waals surface area (Å²) in [6.07, 6.45) is 1.50. The average molecular weight is 501 g/mol. The van der Waals surface area contributed by atoms with E-state index in [0.717, 1.165) is 0 Å². The number of hydrogen-bond donors (Lipinski definition) is 2. The number of anilines is 1. The third-order valence-electron chi connectivity index (χ3n) is 5.38. The fraction of sp³-hybridized carbons (Fsp3) is 0.444. The van der Waals surface area contributed by atoms with E-state index in [1.165, 1.54) is 30.0 Å². The number of hydrogen-bond acceptors (Lipinski definition) is 6. The van der Waals surface area contributed by atoms with Crippen LogP contribution >= 0.6 is 0 Å². The van der Waals surface area contributed by atoms with E-state index in [9.17, 15) is 14.0 Å². The van der Waals surface area contributed by atoms with E-state index in [0.29, 0.717) is 33.8 Å². The largest absolute Gasteiger partial charge is 0.498 e. The highest BCUT2D eigenvalue weighted by Gasteiger charge is 2.19. The molecule has 1 atom stereocenters. The van der Waals surface area contributed by atoms with Gasteiger partial charge in [0.05, 0.1) is 50.0 Å².